The van der Waals surface area contributed by atoms with Crippen molar-refractivity contribution in [3.63, 3.8) is 0 Å². The first kappa shape index (κ1) is 35.5. The molecular formula is C30H62FNO2. The Hall–Kier alpha value is -0.640. The summed E-state index contributed by atoms with van der Waals surface area (Å²) in [6.07, 6.45) is 27.4. The van der Waals surface area contributed by atoms with Crippen LogP contribution < -0.4 is 5.73 Å². The Labute approximate surface area is 213 Å². The van der Waals surface area contributed by atoms with Crippen LogP contribution in [0.3, 0.4) is 0 Å². The molecule has 3 nitrogen and oxygen atoms in total. The van der Waals surface area contributed by atoms with Crippen molar-refractivity contribution in [3.8, 4) is 0 Å². The maximum Gasteiger partial charge on any atom is 0.305 e. The molecule has 0 aliphatic heterocycles. The molecule has 0 saturated heterocycles. The van der Waals surface area contributed by atoms with Crippen molar-refractivity contribution < 1.29 is 14.2 Å². The van der Waals surface area contributed by atoms with E-state index in [2.05, 4.69) is 27.7 Å². The minimum Gasteiger partial charge on any atom is -0.466 e. The van der Waals surface area contributed by atoms with Crippen LogP contribution in [0.4, 0.5) is 4.70 Å². The molecule has 1 unspecified atom stereocenters. The van der Waals surface area contributed by atoms with Crippen molar-refractivity contribution >= 4 is 5.97 Å². The summed E-state index contributed by atoms with van der Waals surface area (Å²) in [5.41, 5.74) is 6.71. The van der Waals surface area contributed by atoms with E-state index < -0.39 is 0 Å². The van der Waals surface area contributed by atoms with E-state index in [0.717, 1.165) is 38.5 Å². The number of nitrogens with two attached hydrogens (primary N) is 1. The van der Waals surface area contributed by atoms with Gasteiger partial charge in [-0.2, -0.15) is 0 Å². The van der Waals surface area contributed by atoms with Crippen molar-refractivity contribution in [2.45, 2.75) is 174 Å². The lowest BCUT2D eigenvalue weighted by Gasteiger charge is -2.36. The van der Waals surface area contributed by atoms with Crippen LogP contribution in [0.2, 0.25) is 0 Å². The number of esters is 1. The van der Waals surface area contributed by atoms with E-state index >= 15 is 0 Å². The number of carbonyl (C=O) groups excluding carboxylic acids is 1. The molecule has 4 heteroatoms. The quantitative estimate of drug-likeness (QED) is 0.103. The molecule has 34 heavy (non-hydrogen) atoms. The van der Waals surface area contributed by atoms with Crippen LogP contribution in [0, 0.1) is 5.92 Å². The smallest absolute Gasteiger partial charge is 0.305 e. The Morgan fingerprint density at radius 2 is 1.06 bits per heavy atom. The van der Waals surface area contributed by atoms with Gasteiger partial charge in [0.15, 0.2) is 0 Å². The second-order valence-electron chi connectivity index (χ2n) is 10.5. The summed E-state index contributed by atoms with van der Waals surface area (Å²) in [6, 6.07) is 0. The minimum atomic E-state index is -0.0807. The zero-order chi connectivity index (χ0) is 24.6. The molecular weight excluding hydrogens is 425 g/mol. The molecule has 0 amide bonds. The second kappa shape index (κ2) is 25.5. The van der Waals surface area contributed by atoms with Crippen LogP contribution in [0.25, 0.3) is 0 Å². The molecule has 0 rings (SSSR count). The van der Waals surface area contributed by atoms with Gasteiger partial charge >= 0.3 is 5.97 Å². The van der Waals surface area contributed by atoms with Gasteiger partial charge in [-0.3, -0.25) is 9.50 Å². The van der Waals surface area contributed by atoms with Crippen molar-refractivity contribution in [1.29, 1.82) is 0 Å². The molecule has 0 aliphatic carbocycles. The standard InChI is InChI=1S/C30H61NO2.FH/c1-5-9-11-12-13-14-15-16-17-18-19-20-21-22-24-28(30(31,7-3)8-4)25-23-26-29(32)33-27-10-6-2;/h28H,5-27,31H2,1-4H3;1H. The number of hydrogen-bond acceptors (Lipinski definition) is 3. The van der Waals surface area contributed by atoms with Gasteiger partial charge in [-0.15, -0.1) is 0 Å². The predicted octanol–water partition coefficient (Wildman–Crippen LogP) is 9.66. The molecule has 0 aromatic heterocycles. The Balaban J connectivity index is 0. The zero-order valence-corrected chi connectivity index (χ0v) is 23.6. The first-order valence-corrected chi connectivity index (χ1v) is 15.0. The fourth-order valence-electron chi connectivity index (χ4n) is 5.03. The van der Waals surface area contributed by atoms with Crippen LogP contribution in [-0.2, 0) is 9.53 Å². The molecule has 0 spiro atoms. The normalized spacial score (nSPS) is 12.4. The number of unbranched alkanes of at least 4 members (excludes halogenated alkanes) is 14. The molecule has 0 saturated carbocycles. The summed E-state index contributed by atoms with van der Waals surface area (Å²) in [7, 11) is 0. The Morgan fingerprint density at radius 1 is 0.647 bits per heavy atom. The lowest BCUT2D eigenvalue weighted by molar-refractivity contribution is -0.143. The van der Waals surface area contributed by atoms with Crippen molar-refractivity contribution in [3.05, 3.63) is 0 Å². The molecule has 0 aromatic carbocycles. The predicted molar refractivity (Wildman–Crippen MR) is 148 cm³/mol. The van der Waals surface area contributed by atoms with E-state index in [4.69, 9.17) is 10.5 Å². The fourth-order valence-corrected chi connectivity index (χ4v) is 5.03. The first-order valence-electron chi connectivity index (χ1n) is 15.0. The lowest BCUT2D eigenvalue weighted by Crippen LogP contribution is -2.46. The third-order valence-electron chi connectivity index (χ3n) is 7.73. The van der Waals surface area contributed by atoms with Gasteiger partial charge in [0.25, 0.3) is 0 Å². The third kappa shape index (κ3) is 19.6. The summed E-state index contributed by atoms with van der Waals surface area (Å²) in [4.78, 5) is 11.9. The SMILES string of the molecule is CCCCCCCCCCCCCCCCC(CCCC(=O)OCCCC)C(N)(CC)CC.F. The van der Waals surface area contributed by atoms with Gasteiger partial charge in [0, 0.05) is 12.0 Å². The van der Waals surface area contributed by atoms with Crippen LogP contribution >= 0.6 is 0 Å². The number of rotatable bonds is 25. The highest BCUT2D eigenvalue weighted by Gasteiger charge is 2.30. The summed E-state index contributed by atoms with van der Waals surface area (Å²) in [6.45, 7) is 9.42. The highest BCUT2D eigenvalue weighted by Crippen LogP contribution is 2.32. The average Bonchev–Trinajstić information content (AvgIpc) is 2.82. The summed E-state index contributed by atoms with van der Waals surface area (Å²) in [5.74, 6) is 0.488. The van der Waals surface area contributed by atoms with Crippen LogP contribution in [-0.4, -0.2) is 18.1 Å². The van der Waals surface area contributed by atoms with Crippen LogP contribution in [0.1, 0.15) is 169 Å². The number of hydrogen-bond donors (Lipinski definition) is 1. The van der Waals surface area contributed by atoms with Gasteiger partial charge in [-0.25, -0.2) is 0 Å². The molecule has 0 aliphatic rings. The number of ether oxygens (including phenoxy) is 1. The zero-order valence-electron chi connectivity index (χ0n) is 23.6. The van der Waals surface area contributed by atoms with Gasteiger partial charge in [0.05, 0.1) is 6.61 Å². The van der Waals surface area contributed by atoms with Gasteiger partial charge in [0.1, 0.15) is 0 Å². The molecule has 0 radical (unpaired) electrons. The highest BCUT2D eigenvalue weighted by atomic mass is 19.0. The van der Waals surface area contributed by atoms with Gasteiger partial charge in [-0.05, 0) is 44.4 Å². The van der Waals surface area contributed by atoms with Crippen LogP contribution in [0.5, 0.6) is 0 Å². The molecule has 2 N–H and O–H groups in total. The largest absolute Gasteiger partial charge is 0.466 e. The Bertz CT molecular complexity index is 426. The highest BCUT2D eigenvalue weighted by molar-refractivity contribution is 5.69. The van der Waals surface area contributed by atoms with Gasteiger partial charge in [0.2, 0.25) is 0 Å². The van der Waals surface area contributed by atoms with E-state index in [1.54, 1.807) is 0 Å². The van der Waals surface area contributed by atoms with E-state index in [1.807, 2.05) is 0 Å². The molecule has 206 valence electrons. The monoisotopic (exact) mass is 487 g/mol. The van der Waals surface area contributed by atoms with Crippen molar-refractivity contribution in [1.82, 2.24) is 0 Å². The van der Waals surface area contributed by atoms with Gasteiger partial charge < -0.3 is 10.5 Å². The summed E-state index contributed by atoms with van der Waals surface area (Å²) >= 11 is 0. The van der Waals surface area contributed by atoms with E-state index in [9.17, 15) is 4.79 Å². The maximum absolute atomic E-state index is 11.9. The molecule has 0 bridgehead atoms. The average molecular weight is 488 g/mol. The van der Waals surface area contributed by atoms with Crippen molar-refractivity contribution in [2.75, 3.05) is 6.61 Å². The van der Waals surface area contributed by atoms with Crippen molar-refractivity contribution in [2.24, 2.45) is 11.7 Å². The number of carbonyl (C=O) groups is 1. The molecule has 0 heterocycles. The van der Waals surface area contributed by atoms with Crippen LogP contribution in [0.15, 0.2) is 0 Å². The third-order valence-corrected chi connectivity index (χ3v) is 7.73. The molecule has 1 atom stereocenters. The summed E-state index contributed by atoms with van der Waals surface area (Å²) in [5, 5.41) is 0. The summed E-state index contributed by atoms with van der Waals surface area (Å²) < 4.78 is 5.32. The topological polar surface area (TPSA) is 52.3 Å². The number of halogens is 1. The van der Waals surface area contributed by atoms with Gasteiger partial charge in [-0.1, -0.05) is 124 Å². The maximum atomic E-state index is 11.9. The van der Waals surface area contributed by atoms with E-state index in [-0.39, 0.29) is 16.2 Å². The molecule has 0 fully saturated rings. The van der Waals surface area contributed by atoms with E-state index in [1.165, 1.54) is 96.3 Å². The first-order chi connectivity index (χ1) is 16.0. The lowest BCUT2D eigenvalue weighted by atomic mass is 9.75. The minimum absolute atomic E-state index is 0. The molecule has 0 aromatic rings. The van der Waals surface area contributed by atoms with E-state index in [0.29, 0.717) is 18.9 Å². The Morgan fingerprint density at radius 3 is 1.50 bits per heavy atom. The Kier molecular flexibility index (Phi) is 26.6. The second-order valence-corrected chi connectivity index (χ2v) is 10.5. The fraction of sp³-hybridized carbons (Fsp3) is 0.967.